The first-order valence-corrected chi connectivity index (χ1v) is 17.9. The molecular formula is C42H26F12IrN7O2-5. The number of pyridine rings is 3. The predicted octanol–water partition coefficient (Wildman–Crippen LogP) is 12.6. The molecular weight excluding hydrogens is 1050 g/mol. The zero-order valence-corrected chi connectivity index (χ0v) is 35.0. The van der Waals surface area contributed by atoms with Gasteiger partial charge in [0, 0.05) is 55.1 Å². The number of halogens is 12. The Morgan fingerprint density at radius 3 is 1.61 bits per heavy atom. The fourth-order valence-electron chi connectivity index (χ4n) is 6.14. The molecule has 0 saturated heterocycles. The molecule has 2 aliphatic rings. The number of nitrogens with one attached hydrogen (secondary N) is 1. The zero-order valence-electron chi connectivity index (χ0n) is 32.6. The maximum absolute atomic E-state index is 13.3. The van der Waals surface area contributed by atoms with Gasteiger partial charge in [0.2, 0.25) is 11.8 Å². The molecule has 0 atom stereocenters. The molecule has 64 heavy (non-hydrogen) atoms. The van der Waals surface area contributed by atoms with Crippen LogP contribution in [0.25, 0.3) is 0 Å². The van der Waals surface area contributed by atoms with E-state index in [9.17, 15) is 52.7 Å². The molecule has 3 aromatic carbocycles. The van der Waals surface area contributed by atoms with Gasteiger partial charge in [-0.05, 0) is 31.3 Å². The number of benzene rings is 3. The van der Waals surface area contributed by atoms with Gasteiger partial charge in [0.15, 0.2) is 0 Å². The number of hydrogen-bond acceptors (Lipinski definition) is 9. The van der Waals surface area contributed by atoms with E-state index in [1.807, 2.05) is 0 Å². The Morgan fingerprint density at radius 1 is 0.594 bits per heavy atom. The molecule has 9 nitrogen and oxygen atoms in total. The summed E-state index contributed by atoms with van der Waals surface area (Å²) in [6.45, 7) is 6.57. The summed E-state index contributed by atoms with van der Waals surface area (Å²) in [5, 5.41) is 2.89. The summed E-state index contributed by atoms with van der Waals surface area (Å²) < 4.78 is 167. The van der Waals surface area contributed by atoms with Crippen LogP contribution in [0.2, 0.25) is 0 Å². The minimum atomic E-state index is -4.62. The van der Waals surface area contributed by atoms with Crippen molar-refractivity contribution < 1.29 is 82.3 Å². The topological polar surface area (TPSA) is 78.9 Å². The number of aryl methyl sites for hydroxylation is 2. The molecule has 0 amide bonds. The van der Waals surface area contributed by atoms with E-state index in [2.05, 4.69) is 38.5 Å². The van der Waals surface area contributed by atoms with Crippen molar-refractivity contribution in [2.45, 2.75) is 38.6 Å². The fourth-order valence-corrected chi connectivity index (χ4v) is 6.14. The van der Waals surface area contributed by atoms with Crippen LogP contribution >= 0.6 is 0 Å². The van der Waals surface area contributed by atoms with Crippen LogP contribution in [0, 0.1) is 45.4 Å². The molecule has 1 radical (unpaired) electrons. The number of alkyl halides is 12. The van der Waals surface area contributed by atoms with Crippen LogP contribution in [0.4, 0.5) is 87.1 Å². The van der Waals surface area contributed by atoms with Gasteiger partial charge in [0.1, 0.15) is 23.0 Å². The number of rotatable bonds is 6. The molecule has 339 valence electrons. The van der Waals surface area contributed by atoms with Crippen LogP contribution in [0.15, 0.2) is 84.9 Å². The normalized spacial score (nSPS) is 13.6. The van der Waals surface area contributed by atoms with E-state index in [0.717, 1.165) is 48.5 Å². The van der Waals surface area contributed by atoms with E-state index >= 15 is 0 Å². The predicted molar refractivity (Wildman–Crippen MR) is 203 cm³/mol. The van der Waals surface area contributed by atoms with E-state index in [1.165, 1.54) is 46.8 Å². The molecule has 0 aliphatic carbocycles. The summed E-state index contributed by atoms with van der Waals surface area (Å²) in [5.74, 6) is -0.609. The average Bonchev–Trinajstić information content (AvgIpc) is 3.77. The molecule has 6 aromatic rings. The molecule has 0 unspecified atom stereocenters. The van der Waals surface area contributed by atoms with Crippen molar-refractivity contribution in [2.24, 2.45) is 0 Å². The number of anilines is 6. The Hall–Kier alpha value is -6.28. The maximum Gasteiger partial charge on any atom is 0.433 e. The molecule has 3 aromatic heterocycles. The summed E-state index contributed by atoms with van der Waals surface area (Å²) in [6, 6.07) is 23.7. The smallest absolute Gasteiger partial charge is 0.433 e. The molecule has 0 fully saturated rings. The van der Waals surface area contributed by atoms with Crippen molar-refractivity contribution in [1.82, 2.24) is 15.0 Å². The fraction of sp³-hybridized carbons (Fsp3) is 0.167. The molecule has 22 heteroatoms. The van der Waals surface area contributed by atoms with Gasteiger partial charge in [0.05, 0.1) is 0 Å². The minimum absolute atomic E-state index is 0. The Labute approximate surface area is 369 Å². The quantitative estimate of drug-likeness (QED) is 0.130. The summed E-state index contributed by atoms with van der Waals surface area (Å²) >= 11 is 0. The summed E-state index contributed by atoms with van der Waals surface area (Å²) in [7, 11) is 1.68. The first kappa shape index (κ1) is 47.2. The van der Waals surface area contributed by atoms with Gasteiger partial charge in [-0.15, -0.1) is 41.5 Å². The Kier molecular flexibility index (Phi) is 13.1. The van der Waals surface area contributed by atoms with E-state index in [1.54, 1.807) is 38.5 Å². The minimum Gasteiger partial charge on any atom is -0.513 e. The van der Waals surface area contributed by atoms with Gasteiger partial charge >= 0.3 is 24.7 Å². The average molecular weight is 1080 g/mol. The van der Waals surface area contributed by atoms with Crippen LogP contribution in [0.1, 0.15) is 33.6 Å². The van der Waals surface area contributed by atoms with Crippen molar-refractivity contribution in [3.8, 4) is 23.3 Å². The monoisotopic (exact) mass is 1080 g/mol. The SMILES string of the molecule is Cc1cc(C)c(N2[CH-]N(C)c3ccc(C(F)(F)F)nc32)[c-]c1N1[CH-]Nc2ccc(C(F)(F)F)nc21.FC(F)(F)c1cc[c-]c(Oc2cccc(Oc3[c-]ccc(C(F)(F)F)c3)n2)c1.[Ir]. The van der Waals surface area contributed by atoms with Crippen molar-refractivity contribution in [1.29, 1.82) is 0 Å². The third kappa shape index (κ3) is 10.4. The number of nitrogens with zero attached hydrogens (tertiary/aromatic N) is 6. The number of aromatic nitrogens is 3. The Balaban J connectivity index is 0.000000215. The molecule has 0 saturated carbocycles. The van der Waals surface area contributed by atoms with Gasteiger partial charge in [-0.25, -0.2) is 9.97 Å². The third-order valence-corrected chi connectivity index (χ3v) is 9.02. The first-order chi connectivity index (χ1) is 29.5. The zero-order chi connectivity index (χ0) is 45.6. The molecule has 2 aliphatic heterocycles. The van der Waals surface area contributed by atoms with E-state index in [-0.39, 0.29) is 55.0 Å². The van der Waals surface area contributed by atoms with Crippen LogP contribution < -0.4 is 29.5 Å². The largest absolute Gasteiger partial charge is 0.513 e. The van der Waals surface area contributed by atoms with Crippen LogP contribution in [-0.4, -0.2) is 22.0 Å². The van der Waals surface area contributed by atoms with Crippen molar-refractivity contribution in [3.05, 3.63) is 150 Å². The van der Waals surface area contributed by atoms with Gasteiger partial charge < -0.3 is 29.5 Å². The van der Waals surface area contributed by atoms with Crippen LogP contribution in [0.3, 0.4) is 0 Å². The molecule has 5 heterocycles. The molecule has 0 spiro atoms. The van der Waals surface area contributed by atoms with Crippen LogP contribution in [0.5, 0.6) is 23.3 Å². The molecule has 8 rings (SSSR count). The summed E-state index contributed by atoms with van der Waals surface area (Å²) in [4.78, 5) is 16.1. The second-order valence-electron chi connectivity index (χ2n) is 13.6. The Morgan fingerprint density at radius 2 is 1.09 bits per heavy atom. The maximum atomic E-state index is 13.3. The summed E-state index contributed by atoms with van der Waals surface area (Å²) in [5.41, 5.74) is -0.934. The first-order valence-electron chi connectivity index (χ1n) is 17.9. The van der Waals surface area contributed by atoms with Crippen LogP contribution in [-0.2, 0) is 44.8 Å². The second kappa shape index (κ2) is 17.7. The second-order valence-corrected chi connectivity index (χ2v) is 13.6. The molecule has 1 N–H and O–H groups in total. The standard InChI is InChI=1S/C23H17F6N6.C19H9F6NO2.Ir/c1-12-8-13(2)17(35-11-33(3)15-5-7-19(23(27,28)29)32-21(15)35)9-16(12)34-10-30-14-4-6-18(22(24,25)26)31-20(14)34;20-18(21,22)12-4-1-6-14(10-12)27-16-8-3-9-17(26-16)28-15-7-2-5-13(11-15)19(23,24)25;/h4-8,10-11,30H,1-3H3;1-5,8-11H;/q-3;-2;. The van der Waals surface area contributed by atoms with Gasteiger partial charge in [0.25, 0.3) is 0 Å². The van der Waals surface area contributed by atoms with E-state index in [4.69, 9.17) is 9.47 Å². The summed E-state index contributed by atoms with van der Waals surface area (Å²) in [6.07, 6.45) is -18.3. The Bertz CT molecular complexity index is 2580. The van der Waals surface area contributed by atoms with Crippen molar-refractivity contribution in [2.75, 3.05) is 27.1 Å². The van der Waals surface area contributed by atoms with Gasteiger partial charge in [-0.2, -0.15) is 101 Å². The third-order valence-electron chi connectivity index (χ3n) is 9.02. The van der Waals surface area contributed by atoms with E-state index in [0.29, 0.717) is 33.9 Å². The van der Waals surface area contributed by atoms with E-state index < -0.39 is 47.2 Å². The van der Waals surface area contributed by atoms with Crippen molar-refractivity contribution in [3.63, 3.8) is 0 Å². The number of fused-ring (bicyclic) bond motifs is 2. The number of ether oxygens (including phenoxy) is 2. The van der Waals surface area contributed by atoms with Gasteiger partial charge in [-0.1, -0.05) is 42.4 Å². The number of hydrogen-bond donors (Lipinski definition) is 1. The van der Waals surface area contributed by atoms with Gasteiger partial charge in [-0.3, -0.25) is 0 Å². The van der Waals surface area contributed by atoms with Crippen molar-refractivity contribution >= 4 is 34.4 Å². The molecule has 0 bridgehead atoms.